The zero-order chi connectivity index (χ0) is 11.6. The number of methoxy groups -OCH3 is 1. The zero-order valence-electron chi connectivity index (χ0n) is 9.63. The van der Waals surface area contributed by atoms with Gasteiger partial charge in [-0.1, -0.05) is 11.8 Å². The van der Waals surface area contributed by atoms with Crippen LogP contribution in [-0.4, -0.2) is 57.1 Å². The van der Waals surface area contributed by atoms with Crippen molar-refractivity contribution in [3.63, 3.8) is 0 Å². The summed E-state index contributed by atoms with van der Waals surface area (Å²) in [6, 6.07) is 0. The standard InChI is InChI=1S/C10H20N2O3S/c1-13-5-6-15-8-7-14-4-2-12-3-9-16-10(12)11/h3,9-10H,2,4-8,11H2,1H3. The Hall–Kier alpha value is -0.270. The minimum Gasteiger partial charge on any atom is -0.382 e. The Kier molecular flexibility index (Phi) is 7.62. The van der Waals surface area contributed by atoms with Crippen LogP contribution in [0.5, 0.6) is 0 Å². The summed E-state index contributed by atoms with van der Waals surface area (Å²) in [4.78, 5) is 2.05. The Morgan fingerprint density at radius 2 is 1.88 bits per heavy atom. The Morgan fingerprint density at radius 1 is 1.19 bits per heavy atom. The summed E-state index contributed by atoms with van der Waals surface area (Å²) in [6.07, 6.45) is 1.99. The molecule has 0 saturated heterocycles. The zero-order valence-corrected chi connectivity index (χ0v) is 10.4. The van der Waals surface area contributed by atoms with Crippen LogP contribution < -0.4 is 5.73 Å². The number of rotatable bonds is 9. The lowest BCUT2D eigenvalue weighted by molar-refractivity contribution is 0.0215. The molecule has 0 aliphatic carbocycles. The summed E-state index contributed by atoms with van der Waals surface area (Å²) in [5.41, 5.74) is 5.85. The van der Waals surface area contributed by atoms with Gasteiger partial charge in [0.1, 0.15) is 5.50 Å². The van der Waals surface area contributed by atoms with Gasteiger partial charge >= 0.3 is 0 Å². The SMILES string of the molecule is COCCOCCOCCN1C=CSC1N. The third-order valence-corrected chi connectivity index (χ3v) is 2.92. The van der Waals surface area contributed by atoms with Crippen molar-refractivity contribution in [1.29, 1.82) is 0 Å². The van der Waals surface area contributed by atoms with Crippen molar-refractivity contribution >= 4 is 11.8 Å². The third kappa shape index (κ3) is 5.72. The molecule has 94 valence electrons. The van der Waals surface area contributed by atoms with Crippen molar-refractivity contribution in [2.75, 3.05) is 46.7 Å². The highest BCUT2D eigenvalue weighted by molar-refractivity contribution is 8.02. The molecule has 2 N–H and O–H groups in total. The van der Waals surface area contributed by atoms with Gasteiger partial charge in [0.2, 0.25) is 0 Å². The van der Waals surface area contributed by atoms with Crippen molar-refractivity contribution in [1.82, 2.24) is 4.90 Å². The molecule has 1 atom stereocenters. The maximum Gasteiger partial charge on any atom is 0.129 e. The Balaban J connectivity index is 1.83. The van der Waals surface area contributed by atoms with Crippen LogP contribution in [0.25, 0.3) is 0 Å². The van der Waals surface area contributed by atoms with Gasteiger partial charge < -0.3 is 24.8 Å². The number of thioether (sulfide) groups is 1. The summed E-state index contributed by atoms with van der Waals surface area (Å²) in [5.74, 6) is 0. The monoisotopic (exact) mass is 248 g/mol. The van der Waals surface area contributed by atoms with Crippen molar-refractivity contribution in [2.24, 2.45) is 5.73 Å². The van der Waals surface area contributed by atoms with Crippen LogP contribution in [0, 0.1) is 0 Å². The lowest BCUT2D eigenvalue weighted by Gasteiger charge is -2.20. The summed E-state index contributed by atoms with van der Waals surface area (Å²) in [7, 11) is 1.66. The molecule has 1 rings (SSSR count). The molecule has 0 fully saturated rings. The van der Waals surface area contributed by atoms with E-state index in [4.69, 9.17) is 19.9 Å². The minimum absolute atomic E-state index is 0.0431. The van der Waals surface area contributed by atoms with E-state index in [2.05, 4.69) is 4.90 Å². The van der Waals surface area contributed by atoms with E-state index in [-0.39, 0.29) is 5.50 Å². The van der Waals surface area contributed by atoms with Gasteiger partial charge in [0, 0.05) is 19.9 Å². The molecule has 1 aliphatic rings. The molecule has 16 heavy (non-hydrogen) atoms. The number of nitrogens with zero attached hydrogens (tertiary/aromatic N) is 1. The van der Waals surface area contributed by atoms with E-state index in [0.717, 1.165) is 6.54 Å². The number of hydrogen-bond donors (Lipinski definition) is 1. The normalized spacial score (nSPS) is 19.6. The molecule has 0 radical (unpaired) electrons. The average molecular weight is 248 g/mol. The lowest BCUT2D eigenvalue weighted by atomic mass is 10.6. The molecule has 1 aliphatic heterocycles. The van der Waals surface area contributed by atoms with Crippen LogP contribution in [-0.2, 0) is 14.2 Å². The van der Waals surface area contributed by atoms with Gasteiger partial charge in [-0.2, -0.15) is 0 Å². The molecular weight excluding hydrogens is 228 g/mol. The van der Waals surface area contributed by atoms with E-state index in [1.54, 1.807) is 18.9 Å². The van der Waals surface area contributed by atoms with Gasteiger partial charge in [-0.3, -0.25) is 0 Å². The van der Waals surface area contributed by atoms with Gasteiger partial charge in [-0.15, -0.1) is 0 Å². The molecule has 1 heterocycles. The highest BCUT2D eigenvalue weighted by Crippen LogP contribution is 2.19. The smallest absolute Gasteiger partial charge is 0.129 e. The predicted molar refractivity (Wildman–Crippen MR) is 64.9 cm³/mol. The van der Waals surface area contributed by atoms with E-state index in [1.807, 2.05) is 11.6 Å². The van der Waals surface area contributed by atoms with E-state index >= 15 is 0 Å². The molecule has 1 unspecified atom stereocenters. The van der Waals surface area contributed by atoms with Gasteiger partial charge in [-0.25, -0.2) is 0 Å². The van der Waals surface area contributed by atoms with Gasteiger partial charge in [0.25, 0.3) is 0 Å². The second-order valence-corrected chi connectivity index (χ2v) is 4.29. The minimum atomic E-state index is 0.0431. The van der Waals surface area contributed by atoms with Crippen molar-refractivity contribution in [2.45, 2.75) is 5.50 Å². The highest BCUT2D eigenvalue weighted by Gasteiger charge is 2.13. The molecule has 0 spiro atoms. The maximum atomic E-state index is 5.81. The fourth-order valence-electron chi connectivity index (χ4n) is 1.19. The number of nitrogens with two attached hydrogens (primary N) is 1. The Bertz CT molecular complexity index is 205. The first-order chi connectivity index (χ1) is 7.84. The molecule has 0 aromatic heterocycles. The largest absolute Gasteiger partial charge is 0.382 e. The number of ether oxygens (including phenoxy) is 3. The first kappa shape index (κ1) is 13.8. The topological polar surface area (TPSA) is 57.0 Å². The van der Waals surface area contributed by atoms with Crippen LogP contribution in [0.3, 0.4) is 0 Å². The maximum absolute atomic E-state index is 5.81. The summed E-state index contributed by atoms with van der Waals surface area (Å²) in [5, 5.41) is 2.00. The van der Waals surface area contributed by atoms with Gasteiger partial charge in [0.05, 0.1) is 33.0 Å². The molecule has 0 aromatic carbocycles. The third-order valence-electron chi connectivity index (χ3n) is 2.09. The van der Waals surface area contributed by atoms with Crippen molar-refractivity contribution in [3.05, 3.63) is 11.6 Å². The molecule has 0 amide bonds. The van der Waals surface area contributed by atoms with Crippen LogP contribution >= 0.6 is 11.8 Å². The van der Waals surface area contributed by atoms with E-state index in [0.29, 0.717) is 33.0 Å². The van der Waals surface area contributed by atoms with Crippen LogP contribution in [0.2, 0.25) is 0 Å². The van der Waals surface area contributed by atoms with Crippen molar-refractivity contribution < 1.29 is 14.2 Å². The second kappa shape index (κ2) is 8.83. The fraction of sp³-hybridized carbons (Fsp3) is 0.800. The molecule has 6 heteroatoms. The van der Waals surface area contributed by atoms with Crippen LogP contribution in [0.1, 0.15) is 0 Å². The van der Waals surface area contributed by atoms with Crippen LogP contribution in [0.4, 0.5) is 0 Å². The fourth-order valence-corrected chi connectivity index (χ4v) is 1.91. The van der Waals surface area contributed by atoms with E-state index in [9.17, 15) is 0 Å². The first-order valence-electron chi connectivity index (χ1n) is 5.32. The van der Waals surface area contributed by atoms with Gasteiger partial charge in [-0.05, 0) is 5.41 Å². The lowest BCUT2D eigenvalue weighted by Crippen LogP contribution is -2.34. The average Bonchev–Trinajstić information content (AvgIpc) is 2.68. The quantitative estimate of drug-likeness (QED) is 0.597. The molecule has 0 saturated carbocycles. The van der Waals surface area contributed by atoms with Gasteiger partial charge in [0.15, 0.2) is 0 Å². The summed E-state index contributed by atoms with van der Waals surface area (Å²) in [6.45, 7) is 3.97. The Labute approximate surface area is 101 Å². The highest BCUT2D eigenvalue weighted by atomic mass is 32.2. The van der Waals surface area contributed by atoms with Crippen LogP contribution in [0.15, 0.2) is 11.6 Å². The molecular formula is C10H20N2O3S. The predicted octanol–water partition coefficient (Wildman–Crippen LogP) is 0.428. The van der Waals surface area contributed by atoms with E-state index < -0.39 is 0 Å². The molecule has 0 bridgehead atoms. The van der Waals surface area contributed by atoms with E-state index in [1.165, 1.54) is 0 Å². The summed E-state index contributed by atoms with van der Waals surface area (Å²) < 4.78 is 15.5. The second-order valence-electron chi connectivity index (χ2n) is 3.27. The number of hydrogen-bond acceptors (Lipinski definition) is 6. The Morgan fingerprint density at radius 3 is 2.50 bits per heavy atom. The first-order valence-corrected chi connectivity index (χ1v) is 6.27. The molecule has 5 nitrogen and oxygen atoms in total. The molecule has 0 aromatic rings. The van der Waals surface area contributed by atoms with Crippen molar-refractivity contribution in [3.8, 4) is 0 Å². The summed E-state index contributed by atoms with van der Waals surface area (Å²) >= 11 is 1.61.